The fraction of sp³-hybridized carbons (Fsp3) is 0.341. The summed E-state index contributed by atoms with van der Waals surface area (Å²) in [4.78, 5) is 50.1. The zero-order valence-electron chi connectivity index (χ0n) is 32.0. The number of hydrogen-bond donors (Lipinski definition) is 4. The number of unbranched alkanes of at least 4 members (excludes halogenated alkanes) is 1. The lowest BCUT2D eigenvalue weighted by Crippen LogP contribution is -2.54. The van der Waals surface area contributed by atoms with Crippen molar-refractivity contribution in [2.75, 3.05) is 6.61 Å². The largest absolute Gasteiger partial charge is 0.494 e. The number of ether oxygens (including phenoxy) is 1. The lowest BCUT2D eigenvalue weighted by Gasteiger charge is -2.24. The maximum absolute atomic E-state index is 13.8. The van der Waals surface area contributed by atoms with E-state index in [-0.39, 0.29) is 11.8 Å². The van der Waals surface area contributed by atoms with Crippen molar-refractivity contribution in [3.8, 4) is 28.3 Å². The number of aliphatic carboxylic acids is 1. The number of carboxylic acid groups (broad SMARTS) is 1. The van der Waals surface area contributed by atoms with Gasteiger partial charge in [-0.2, -0.15) is 0 Å². The molecule has 0 aliphatic carbocycles. The molecule has 55 heavy (non-hydrogen) atoms. The predicted octanol–water partition coefficient (Wildman–Crippen LogP) is 8.02. The summed E-state index contributed by atoms with van der Waals surface area (Å²) in [6.07, 6.45) is 5.47. The molecular weight excluding hydrogens is 713 g/mol. The number of carboxylic acids is 1. The number of nitrogens with one attached hydrogen (secondary N) is 2. The molecule has 0 fully saturated rings. The molecule has 2 aromatic heterocycles. The Morgan fingerprint density at radius 1 is 0.800 bits per heavy atom. The Bertz CT molecular complexity index is 2010. The van der Waals surface area contributed by atoms with E-state index in [1.54, 1.807) is 48.8 Å². The normalized spacial score (nSPS) is 13.1. The number of carbonyl (C=O) groups excluding carboxylic acids is 2. The smallest absolute Gasteiger partial charge is 0.329 e. The molecular formula is C44H50N4O6S. The third-order valence-corrected chi connectivity index (χ3v) is 10.7. The Labute approximate surface area is 327 Å². The van der Waals surface area contributed by atoms with Gasteiger partial charge in [0.25, 0.3) is 5.91 Å². The van der Waals surface area contributed by atoms with Crippen molar-refractivity contribution in [1.82, 2.24) is 20.6 Å². The molecule has 11 heteroatoms. The van der Waals surface area contributed by atoms with Gasteiger partial charge >= 0.3 is 5.97 Å². The van der Waals surface area contributed by atoms with Gasteiger partial charge in [-0.15, -0.1) is 11.3 Å². The summed E-state index contributed by atoms with van der Waals surface area (Å²) in [6.45, 7) is 11.3. The molecule has 3 atom stereocenters. The average molecular weight is 763 g/mol. The van der Waals surface area contributed by atoms with Crippen molar-refractivity contribution >= 4 is 29.1 Å². The molecule has 3 unspecified atom stereocenters. The van der Waals surface area contributed by atoms with Gasteiger partial charge in [-0.1, -0.05) is 108 Å². The number of carbonyl (C=O) groups is 3. The first-order valence-electron chi connectivity index (χ1n) is 18.6. The Balaban J connectivity index is 1.28. The fourth-order valence-electron chi connectivity index (χ4n) is 5.91. The van der Waals surface area contributed by atoms with Crippen LogP contribution in [0.1, 0.15) is 85.7 Å². The summed E-state index contributed by atoms with van der Waals surface area (Å²) in [7, 11) is 0. The predicted molar refractivity (Wildman–Crippen MR) is 216 cm³/mol. The Kier molecular flexibility index (Phi) is 13.9. The Hall–Kier alpha value is -5.39. The quantitative estimate of drug-likeness (QED) is 0.0696. The van der Waals surface area contributed by atoms with Crippen LogP contribution in [-0.2, 0) is 21.4 Å². The molecule has 0 saturated carbocycles. The molecule has 3 aromatic carbocycles. The minimum absolute atomic E-state index is 0.0561. The highest BCUT2D eigenvalue weighted by Gasteiger charge is 2.33. The van der Waals surface area contributed by atoms with Crippen molar-refractivity contribution in [2.24, 2.45) is 5.92 Å². The van der Waals surface area contributed by atoms with Gasteiger partial charge in [0.2, 0.25) is 5.91 Å². The maximum Gasteiger partial charge on any atom is 0.329 e. The van der Waals surface area contributed by atoms with Gasteiger partial charge in [0.15, 0.2) is 11.9 Å². The monoisotopic (exact) mass is 762 g/mol. The maximum atomic E-state index is 13.8. The van der Waals surface area contributed by atoms with E-state index in [0.29, 0.717) is 34.4 Å². The average Bonchev–Trinajstić information content (AvgIpc) is 3.69. The molecule has 5 rings (SSSR count). The third kappa shape index (κ3) is 11.6. The van der Waals surface area contributed by atoms with E-state index < -0.39 is 36.0 Å². The van der Waals surface area contributed by atoms with E-state index >= 15 is 0 Å². The number of hydrogen-bond acceptors (Lipinski definition) is 8. The highest BCUT2D eigenvalue weighted by Crippen LogP contribution is 2.30. The van der Waals surface area contributed by atoms with Crippen LogP contribution in [0.5, 0.6) is 5.75 Å². The van der Waals surface area contributed by atoms with Gasteiger partial charge in [0, 0.05) is 34.8 Å². The van der Waals surface area contributed by atoms with Crippen molar-refractivity contribution < 1.29 is 29.3 Å². The van der Waals surface area contributed by atoms with Gasteiger partial charge < -0.3 is 25.6 Å². The van der Waals surface area contributed by atoms with Crippen LogP contribution in [0.4, 0.5) is 0 Å². The number of rotatable bonds is 17. The van der Waals surface area contributed by atoms with E-state index in [1.807, 2.05) is 54.6 Å². The van der Waals surface area contributed by atoms with Gasteiger partial charge in [0.05, 0.1) is 11.5 Å². The first-order valence-corrected chi connectivity index (χ1v) is 19.4. The number of benzene rings is 3. The van der Waals surface area contributed by atoms with E-state index in [0.717, 1.165) is 40.2 Å². The van der Waals surface area contributed by atoms with Crippen LogP contribution in [0, 0.1) is 5.92 Å². The molecule has 4 N–H and O–H groups in total. The molecule has 288 valence electrons. The van der Waals surface area contributed by atoms with Crippen molar-refractivity contribution in [1.29, 1.82) is 0 Å². The summed E-state index contributed by atoms with van der Waals surface area (Å²) in [5, 5.41) is 26.2. The highest BCUT2D eigenvalue weighted by molar-refractivity contribution is 7.14. The summed E-state index contributed by atoms with van der Waals surface area (Å²) in [6, 6.07) is 24.2. The van der Waals surface area contributed by atoms with Crippen molar-refractivity contribution in [3.63, 3.8) is 0 Å². The molecule has 2 heterocycles. The van der Waals surface area contributed by atoms with E-state index in [2.05, 4.69) is 55.2 Å². The zero-order valence-corrected chi connectivity index (χ0v) is 32.8. The van der Waals surface area contributed by atoms with Crippen LogP contribution in [0.3, 0.4) is 0 Å². The molecule has 0 aliphatic rings. The molecule has 0 radical (unpaired) electrons. The van der Waals surface area contributed by atoms with Crippen LogP contribution < -0.4 is 15.4 Å². The van der Waals surface area contributed by atoms with Gasteiger partial charge in [-0.05, 0) is 65.1 Å². The summed E-state index contributed by atoms with van der Waals surface area (Å²) >= 11 is 1.34. The van der Waals surface area contributed by atoms with Crippen LogP contribution in [0.15, 0.2) is 103 Å². The van der Waals surface area contributed by atoms with Crippen molar-refractivity contribution in [3.05, 3.63) is 124 Å². The first-order chi connectivity index (χ1) is 26.3. The van der Waals surface area contributed by atoms with Gasteiger partial charge in [-0.25, -0.2) is 14.8 Å². The summed E-state index contributed by atoms with van der Waals surface area (Å²) in [5.74, 6) is -0.557. The van der Waals surface area contributed by atoms with Gasteiger partial charge in [0.1, 0.15) is 17.9 Å². The summed E-state index contributed by atoms with van der Waals surface area (Å²) < 4.78 is 5.90. The number of amides is 2. The second-order valence-electron chi connectivity index (χ2n) is 15.1. The number of nitrogens with zero attached hydrogens (tertiary/aromatic N) is 2. The SMILES string of the molecule is CC(C)CCCCOc1ccc(-c2cnc(-c3ccc(CC(NC(=O)c4ccc(C(C)(C)C)s4)C(=O)NC(C(=O)O)C(O)c4ccccc4)cc3)nc2)cc1. The fourth-order valence-corrected chi connectivity index (χ4v) is 6.88. The standard InChI is InChI=1S/C44H50N4O6S/c1-28(2)11-9-10-24-54-34-20-18-30(19-21-34)33-26-45-40(46-27-33)32-16-14-29(15-17-32)25-35(47-42(51)36-22-23-37(55-36)44(3,4)5)41(50)48-38(43(52)53)39(49)31-12-7-6-8-13-31/h6-8,12-23,26-28,35,38-39,49H,9-11,24-25H2,1-5H3,(H,47,51)(H,48,50)(H,52,53). The Morgan fingerprint density at radius 2 is 1.45 bits per heavy atom. The second-order valence-corrected chi connectivity index (χ2v) is 16.2. The lowest BCUT2D eigenvalue weighted by molar-refractivity contribution is -0.145. The number of aliphatic hydroxyl groups is 1. The zero-order chi connectivity index (χ0) is 39.5. The minimum Gasteiger partial charge on any atom is -0.494 e. The number of aromatic nitrogens is 2. The van der Waals surface area contributed by atoms with E-state index in [4.69, 9.17) is 4.74 Å². The third-order valence-electron chi connectivity index (χ3n) is 9.15. The molecule has 5 aromatic rings. The molecule has 0 aliphatic heterocycles. The van der Waals surface area contributed by atoms with E-state index in [1.165, 1.54) is 17.8 Å². The molecule has 0 spiro atoms. The topological polar surface area (TPSA) is 151 Å². The highest BCUT2D eigenvalue weighted by atomic mass is 32.1. The van der Waals surface area contributed by atoms with Crippen LogP contribution in [0.25, 0.3) is 22.5 Å². The molecule has 0 saturated heterocycles. The van der Waals surface area contributed by atoms with Crippen LogP contribution >= 0.6 is 11.3 Å². The summed E-state index contributed by atoms with van der Waals surface area (Å²) in [5.41, 5.74) is 3.47. The molecule has 2 amide bonds. The minimum atomic E-state index is -1.65. The van der Waals surface area contributed by atoms with Crippen LogP contribution in [-0.4, -0.2) is 56.7 Å². The number of thiophene rings is 1. The lowest BCUT2D eigenvalue weighted by atomic mass is 9.95. The van der Waals surface area contributed by atoms with Crippen molar-refractivity contribution in [2.45, 2.75) is 83.9 Å². The second kappa shape index (κ2) is 18.8. The molecule has 10 nitrogen and oxygen atoms in total. The van der Waals surface area contributed by atoms with Crippen LogP contribution in [0.2, 0.25) is 0 Å². The van der Waals surface area contributed by atoms with E-state index in [9.17, 15) is 24.6 Å². The first kappa shape index (κ1) is 40.8. The number of aliphatic hydroxyl groups excluding tert-OH is 1. The Morgan fingerprint density at radius 3 is 2.05 bits per heavy atom. The molecule has 0 bridgehead atoms. The van der Waals surface area contributed by atoms with Gasteiger partial charge in [-0.3, -0.25) is 9.59 Å².